The predicted octanol–water partition coefficient (Wildman–Crippen LogP) is 6.73. The molecule has 0 bridgehead atoms. The van der Waals surface area contributed by atoms with Crippen molar-refractivity contribution in [2.24, 2.45) is 5.92 Å². The minimum absolute atomic E-state index is 0.335. The second kappa shape index (κ2) is 10.5. The summed E-state index contributed by atoms with van der Waals surface area (Å²) in [6.45, 7) is 4.20. The van der Waals surface area contributed by atoms with Gasteiger partial charge in [-0.2, -0.15) is 0 Å². The second-order valence-electron chi connectivity index (χ2n) is 7.88. The average Bonchev–Trinajstić information content (AvgIpc) is 2.78. The van der Waals surface area contributed by atoms with Crippen molar-refractivity contribution in [3.63, 3.8) is 0 Å². The molecule has 3 aromatic rings. The van der Waals surface area contributed by atoms with Gasteiger partial charge in [0.25, 0.3) is 0 Å². The van der Waals surface area contributed by atoms with Gasteiger partial charge in [0.1, 0.15) is 11.5 Å². The number of thioether (sulfide) groups is 1. The molecule has 0 aliphatic carbocycles. The van der Waals surface area contributed by atoms with Gasteiger partial charge in [-0.3, -0.25) is 4.79 Å². The van der Waals surface area contributed by atoms with E-state index in [0.717, 1.165) is 11.5 Å². The van der Waals surface area contributed by atoms with E-state index in [0.29, 0.717) is 24.5 Å². The Bertz CT molecular complexity index is 879. The quantitative estimate of drug-likeness (QED) is 0.342. The van der Waals surface area contributed by atoms with Crippen LogP contribution in [0.15, 0.2) is 84.9 Å². The first-order chi connectivity index (χ1) is 14.6. The number of rotatable bonds is 10. The van der Waals surface area contributed by atoms with E-state index in [1.807, 2.05) is 36.0 Å². The lowest BCUT2D eigenvalue weighted by atomic mass is 9.84. The van der Waals surface area contributed by atoms with Gasteiger partial charge in [-0.25, -0.2) is 0 Å². The Morgan fingerprint density at radius 3 is 1.80 bits per heavy atom. The Labute approximate surface area is 184 Å². The standard InChI is InChI=1S/C27H30O2S/c1-21(2)20-25(28)18-19-30-27(22-10-6-4-7-11-22,23-12-8-5-9-13-23)24-14-16-26(29-3)17-15-24/h4-17,21H,18-20H2,1-3H3. The summed E-state index contributed by atoms with van der Waals surface area (Å²) in [6.07, 6.45) is 1.23. The van der Waals surface area contributed by atoms with Crippen LogP contribution in [0.25, 0.3) is 0 Å². The number of hydrogen-bond donors (Lipinski definition) is 0. The van der Waals surface area contributed by atoms with E-state index in [1.165, 1.54) is 16.7 Å². The molecule has 0 N–H and O–H groups in total. The van der Waals surface area contributed by atoms with Crippen LogP contribution >= 0.6 is 11.8 Å². The van der Waals surface area contributed by atoms with Gasteiger partial charge in [-0.1, -0.05) is 86.6 Å². The monoisotopic (exact) mass is 418 g/mol. The van der Waals surface area contributed by atoms with Crippen molar-refractivity contribution in [3.05, 3.63) is 102 Å². The first-order valence-corrected chi connectivity index (χ1v) is 11.5. The van der Waals surface area contributed by atoms with Gasteiger partial charge in [0.05, 0.1) is 11.9 Å². The maximum absolute atomic E-state index is 12.4. The average molecular weight is 419 g/mol. The third-order valence-corrected chi connectivity index (χ3v) is 6.74. The minimum Gasteiger partial charge on any atom is -0.497 e. The molecule has 3 rings (SSSR count). The molecule has 0 heterocycles. The molecule has 0 aliphatic rings. The number of hydrogen-bond acceptors (Lipinski definition) is 3. The van der Waals surface area contributed by atoms with E-state index < -0.39 is 4.75 Å². The van der Waals surface area contributed by atoms with Crippen molar-refractivity contribution >= 4 is 17.5 Å². The maximum Gasteiger partial charge on any atom is 0.133 e. The van der Waals surface area contributed by atoms with E-state index in [4.69, 9.17) is 4.74 Å². The number of carbonyl (C=O) groups excluding carboxylic acids is 1. The maximum atomic E-state index is 12.4. The molecule has 0 saturated carbocycles. The summed E-state index contributed by atoms with van der Waals surface area (Å²) in [5, 5.41) is 0. The Balaban J connectivity index is 2.06. The van der Waals surface area contributed by atoms with Crippen LogP contribution in [0.2, 0.25) is 0 Å². The SMILES string of the molecule is COc1ccc(C(SCCC(=O)CC(C)C)(c2ccccc2)c2ccccc2)cc1. The summed E-state index contributed by atoms with van der Waals surface area (Å²) in [4.78, 5) is 12.4. The molecule has 0 atom stereocenters. The molecule has 0 saturated heterocycles. The van der Waals surface area contributed by atoms with Crippen LogP contribution in [0.4, 0.5) is 0 Å². The van der Waals surface area contributed by atoms with Crippen molar-refractivity contribution in [1.29, 1.82) is 0 Å². The third kappa shape index (κ3) is 5.14. The van der Waals surface area contributed by atoms with Crippen LogP contribution in [-0.2, 0) is 9.54 Å². The Morgan fingerprint density at radius 2 is 1.33 bits per heavy atom. The summed E-state index contributed by atoms with van der Waals surface area (Å²) in [5.41, 5.74) is 3.60. The van der Waals surface area contributed by atoms with Crippen molar-refractivity contribution in [2.75, 3.05) is 12.9 Å². The fourth-order valence-corrected chi connectivity index (χ4v) is 5.34. The molecule has 0 amide bonds. The van der Waals surface area contributed by atoms with Gasteiger partial charge in [-0.05, 0) is 34.7 Å². The molecular weight excluding hydrogens is 388 g/mol. The van der Waals surface area contributed by atoms with Crippen LogP contribution in [-0.4, -0.2) is 18.6 Å². The number of carbonyl (C=O) groups is 1. The lowest BCUT2D eigenvalue weighted by Crippen LogP contribution is -2.26. The van der Waals surface area contributed by atoms with Gasteiger partial charge < -0.3 is 4.74 Å². The van der Waals surface area contributed by atoms with Crippen molar-refractivity contribution in [3.8, 4) is 5.75 Å². The second-order valence-corrected chi connectivity index (χ2v) is 9.19. The van der Waals surface area contributed by atoms with E-state index in [-0.39, 0.29) is 0 Å². The number of ketones is 1. The Hall–Kier alpha value is -2.52. The number of benzene rings is 3. The zero-order valence-electron chi connectivity index (χ0n) is 18.0. The lowest BCUT2D eigenvalue weighted by molar-refractivity contribution is -0.119. The van der Waals surface area contributed by atoms with Crippen LogP contribution in [0.3, 0.4) is 0 Å². The minimum atomic E-state index is -0.396. The molecule has 0 fully saturated rings. The third-order valence-electron chi connectivity index (χ3n) is 5.19. The van der Waals surface area contributed by atoms with Crippen LogP contribution in [0.5, 0.6) is 5.75 Å². The summed E-state index contributed by atoms with van der Waals surface area (Å²) in [5.74, 6) is 2.34. The molecule has 3 heteroatoms. The fraction of sp³-hybridized carbons (Fsp3) is 0.296. The number of ether oxygens (including phenoxy) is 1. The molecule has 0 spiro atoms. The summed E-state index contributed by atoms with van der Waals surface area (Å²) in [6, 6.07) is 29.5. The number of methoxy groups -OCH3 is 1. The molecule has 0 aliphatic heterocycles. The molecule has 2 nitrogen and oxygen atoms in total. The molecule has 30 heavy (non-hydrogen) atoms. The van der Waals surface area contributed by atoms with E-state index in [1.54, 1.807) is 7.11 Å². The molecular formula is C27H30O2S. The molecule has 0 radical (unpaired) electrons. The summed E-state index contributed by atoms with van der Waals surface area (Å²) < 4.78 is 5.00. The topological polar surface area (TPSA) is 26.3 Å². The highest BCUT2D eigenvalue weighted by Gasteiger charge is 2.37. The zero-order valence-corrected chi connectivity index (χ0v) is 18.8. The summed E-state index contributed by atoms with van der Waals surface area (Å²) >= 11 is 1.84. The number of Topliss-reactive ketones (excluding diaryl/α,β-unsaturated/α-hetero) is 1. The molecule has 0 unspecified atom stereocenters. The van der Waals surface area contributed by atoms with Crippen LogP contribution in [0, 0.1) is 5.92 Å². The van der Waals surface area contributed by atoms with Crippen LogP contribution < -0.4 is 4.74 Å². The highest BCUT2D eigenvalue weighted by Crippen LogP contribution is 2.49. The highest BCUT2D eigenvalue weighted by molar-refractivity contribution is 8.00. The van der Waals surface area contributed by atoms with Crippen molar-refractivity contribution < 1.29 is 9.53 Å². The van der Waals surface area contributed by atoms with E-state index in [9.17, 15) is 4.79 Å². The molecule has 3 aromatic carbocycles. The van der Waals surface area contributed by atoms with Gasteiger partial charge >= 0.3 is 0 Å². The van der Waals surface area contributed by atoms with E-state index >= 15 is 0 Å². The van der Waals surface area contributed by atoms with Crippen molar-refractivity contribution in [2.45, 2.75) is 31.4 Å². The Morgan fingerprint density at radius 1 is 0.833 bits per heavy atom. The van der Waals surface area contributed by atoms with Crippen LogP contribution in [0.1, 0.15) is 43.4 Å². The largest absolute Gasteiger partial charge is 0.497 e. The first kappa shape index (κ1) is 22.2. The zero-order chi connectivity index (χ0) is 21.4. The fourth-order valence-electron chi connectivity index (χ4n) is 3.80. The lowest BCUT2D eigenvalue weighted by Gasteiger charge is -2.35. The van der Waals surface area contributed by atoms with Gasteiger partial charge in [0.2, 0.25) is 0 Å². The predicted molar refractivity (Wildman–Crippen MR) is 127 cm³/mol. The first-order valence-electron chi connectivity index (χ1n) is 10.5. The molecule has 156 valence electrons. The van der Waals surface area contributed by atoms with Gasteiger partial charge in [0, 0.05) is 18.6 Å². The van der Waals surface area contributed by atoms with Gasteiger partial charge in [0.15, 0.2) is 0 Å². The molecule has 0 aromatic heterocycles. The van der Waals surface area contributed by atoms with Crippen molar-refractivity contribution in [1.82, 2.24) is 0 Å². The normalized spacial score (nSPS) is 11.5. The smallest absolute Gasteiger partial charge is 0.133 e. The Kier molecular flexibility index (Phi) is 7.75. The van der Waals surface area contributed by atoms with Gasteiger partial charge in [-0.15, -0.1) is 11.8 Å². The highest BCUT2D eigenvalue weighted by atomic mass is 32.2. The van der Waals surface area contributed by atoms with E-state index in [2.05, 4.69) is 74.5 Å². The summed E-state index contributed by atoms with van der Waals surface area (Å²) in [7, 11) is 1.69.